The number of aryl methyl sites for hydroxylation is 1. The van der Waals surface area contributed by atoms with Crippen LogP contribution in [-0.4, -0.2) is 17.4 Å². The minimum atomic E-state index is -0.520. The van der Waals surface area contributed by atoms with E-state index >= 15 is 0 Å². The number of carbonyl (C=O) groups excluding carboxylic acids is 1. The van der Waals surface area contributed by atoms with Gasteiger partial charge in [-0.1, -0.05) is 17.7 Å². The van der Waals surface area contributed by atoms with Gasteiger partial charge in [0.05, 0.1) is 15.6 Å². The number of amides is 1. The van der Waals surface area contributed by atoms with Gasteiger partial charge in [0.25, 0.3) is 11.6 Å². The molecule has 1 amide bonds. The van der Waals surface area contributed by atoms with Gasteiger partial charge in [0.1, 0.15) is 5.69 Å². The Labute approximate surface area is 138 Å². The summed E-state index contributed by atoms with van der Waals surface area (Å²) in [5, 5.41) is 17.1. The van der Waals surface area contributed by atoms with Crippen LogP contribution in [0.2, 0.25) is 5.02 Å². The Morgan fingerprint density at radius 1 is 1.22 bits per heavy atom. The maximum atomic E-state index is 12.3. The fourth-order valence-corrected chi connectivity index (χ4v) is 2.36. The molecule has 0 unspecified atom stereocenters. The molecular formula is C16H16ClN3O3. The van der Waals surface area contributed by atoms with E-state index in [9.17, 15) is 14.9 Å². The van der Waals surface area contributed by atoms with E-state index in [4.69, 9.17) is 11.6 Å². The van der Waals surface area contributed by atoms with Crippen LogP contribution in [0.1, 0.15) is 22.8 Å². The van der Waals surface area contributed by atoms with Gasteiger partial charge in [-0.15, -0.1) is 0 Å². The van der Waals surface area contributed by atoms with Gasteiger partial charge in [-0.25, -0.2) is 0 Å². The van der Waals surface area contributed by atoms with E-state index in [1.807, 2.05) is 19.9 Å². The van der Waals surface area contributed by atoms with Gasteiger partial charge in [-0.3, -0.25) is 14.9 Å². The quantitative estimate of drug-likeness (QED) is 0.633. The number of nitro groups is 1. The predicted octanol–water partition coefficient (Wildman–Crippen LogP) is 4.24. The second-order valence-corrected chi connectivity index (χ2v) is 5.36. The van der Waals surface area contributed by atoms with E-state index in [1.165, 1.54) is 18.2 Å². The van der Waals surface area contributed by atoms with E-state index in [1.54, 1.807) is 12.1 Å². The van der Waals surface area contributed by atoms with Crippen molar-refractivity contribution < 1.29 is 9.72 Å². The van der Waals surface area contributed by atoms with E-state index in [2.05, 4.69) is 10.6 Å². The molecule has 2 aromatic rings. The van der Waals surface area contributed by atoms with Crippen LogP contribution >= 0.6 is 11.6 Å². The molecule has 0 aromatic heterocycles. The molecule has 0 spiro atoms. The van der Waals surface area contributed by atoms with Gasteiger partial charge >= 0.3 is 0 Å². The minimum Gasteiger partial charge on any atom is -0.380 e. The summed E-state index contributed by atoms with van der Waals surface area (Å²) in [6, 6.07) is 9.54. The molecule has 6 nitrogen and oxygen atoms in total. The summed E-state index contributed by atoms with van der Waals surface area (Å²) in [6.07, 6.45) is 0. The number of halogens is 1. The molecule has 120 valence electrons. The number of nitrogens with one attached hydrogen (secondary N) is 2. The van der Waals surface area contributed by atoms with E-state index < -0.39 is 10.8 Å². The van der Waals surface area contributed by atoms with Crippen molar-refractivity contribution in [1.29, 1.82) is 0 Å². The third kappa shape index (κ3) is 3.98. The van der Waals surface area contributed by atoms with E-state index in [-0.39, 0.29) is 11.3 Å². The number of carbonyl (C=O) groups is 1. The number of nitro benzene ring substituents is 1. The van der Waals surface area contributed by atoms with Crippen molar-refractivity contribution in [1.82, 2.24) is 0 Å². The van der Waals surface area contributed by atoms with Crippen LogP contribution in [-0.2, 0) is 0 Å². The number of hydrogen-bond donors (Lipinski definition) is 2. The fourth-order valence-electron chi connectivity index (χ4n) is 2.08. The number of nitrogens with zero attached hydrogens (tertiary/aromatic N) is 1. The average molecular weight is 334 g/mol. The van der Waals surface area contributed by atoms with Crippen molar-refractivity contribution in [2.45, 2.75) is 13.8 Å². The maximum Gasteiger partial charge on any atom is 0.293 e. The Kier molecular flexibility index (Phi) is 5.18. The van der Waals surface area contributed by atoms with Gasteiger partial charge in [0, 0.05) is 18.2 Å². The zero-order valence-electron chi connectivity index (χ0n) is 12.7. The fraction of sp³-hybridized carbons (Fsp3) is 0.188. The molecule has 0 atom stereocenters. The highest BCUT2D eigenvalue weighted by molar-refractivity contribution is 6.34. The summed E-state index contributed by atoms with van der Waals surface area (Å²) in [6.45, 7) is 4.27. The molecule has 0 aliphatic heterocycles. The van der Waals surface area contributed by atoms with Gasteiger partial charge < -0.3 is 10.6 Å². The van der Waals surface area contributed by atoms with Gasteiger partial charge in [-0.2, -0.15) is 0 Å². The Balaban J connectivity index is 2.28. The molecule has 7 heteroatoms. The summed E-state index contributed by atoms with van der Waals surface area (Å²) in [5.41, 5.74) is 1.85. The first-order chi connectivity index (χ1) is 10.9. The second-order valence-electron chi connectivity index (χ2n) is 4.96. The van der Waals surface area contributed by atoms with Crippen molar-refractivity contribution >= 4 is 34.6 Å². The Bertz CT molecular complexity index is 762. The topological polar surface area (TPSA) is 84.3 Å². The molecule has 0 aliphatic rings. The van der Waals surface area contributed by atoms with Crippen LogP contribution in [0, 0.1) is 17.0 Å². The lowest BCUT2D eigenvalue weighted by atomic mass is 10.1. The predicted molar refractivity (Wildman–Crippen MR) is 91.4 cm³/mol. The van der Waals surface area contributed by atoms with Crippen LogP contribution in [0.15, 0.2) is 36.4 Å². The smallest absolute Gasteiger partial charge is 0.293 e. The molecule has 23 heavy (non-hydrogen) atoms. The molecule has 0 radical (unpaired) electrons. The molecule has 0 aliphatic carbocycles. The molecule has 0 heterocycles. The van der Waals surface area contributed by atoms with Crippen LogP contribution in [0.3, 0.4) is 0 Å². The summed E-state index contributed by atoms with van der Waals surface area (Å²) in [4.78, 5) is 22.9. The Morgan fingerprint density at radius 3 is 2.52 bits per heavy atom. The number of benzene rings is 2. The van der Waals surface area contributed by atoms with Crippen molar-refractivity contribution in [3.63, 3.8) is 0 Å². The first-order valence-electron chi connectivity index (χ1n) is 7.02. The van der Waals surface area contributed by atoms with Crippen LogP contribution in [0.25, 0.3) is 0 Å². The number of anilines is 2. The van der Waals surface area contributed by atoms with Gasteiger partial charge in [0.15, 0.2) is 0 Å². The van der Waals surface area contributed by atoms with Crippen LogP contribution < -0.4 is 10.6 Å². The van der Waals surface area contributed by atoms with Crippen molar-refractivity contribution in [3.8, 4) is 0 Å². The lowest BCUT2D eigenvalue weighted by Gasteiger charge is -2.09. The normalized spacial score (nSPS) is 10.2. The standard InChI is InChI=1S/C16H16ClN3O3/c1-3-18-14-7-5-11(9-15(14)20(22)23)16(21)19-13-6-4-10(2)8-12(13)17/h4-9,18H,3H2,1-2H3,(H,19,21). The molecule has 0 saturated carbocycles. The summed E-state index contributed by atoms with van der Waals surface area (Å²) in [5.74, 6) is -0.457. The minimum absolute atomic E-state index is 0.144. The Hall–Kier alpha value is -2.60. The monoisotopic (exact) mass is 333 g/mol. The summed E-state index contributed by atoms with van der Waals surface area (Å²) >= 11 is 6.08. The first kappa shape index (κ1) is 16.8. The molecule has 0 saturated heterocycles. The van der Waals surface area contributed by atoms with Crippen molar-refractivity contribution in [3.05, 3.63) is 62.7 Å². The third-order valence-electron chi connectivity index (χ3n) is 3.20. The summed E-state index contributed by atoms with van der Waals surface area (Å²) < 4.78 is 0. The number of rotatable bonds is 5. The molecule has 2 N–H and O–H groups in total. The van der Waals surface area contributed by atoms with E-state index in [0.29, 0.717) is 22.9 Å². The lowest BCUT2D eigenvalue weighted by molar-refractivity contribution is -0.384. The first-order valence-corrected chi connectivity index (χ1v) is 7.40. The second kappa shape index (κ2) is 7.11. The van der Waals surface area contributed by atoms with Gasteiger partial charge in [-0.05, 0) is 43.7 Å². The maximum absolute atomic E-state index is 12.3. The molecular weight excluding hydrogens is 318 g/mol. The summed E-state index contributed by atoms with van der Waals surface area (Å²) in [7, 11) is 0. The zero-order chi connectivity index (χ0) is 17.0. The van der Waals surface area contributed by atoms with Crippen LogP contribution in [0.4, 0.5) is 17.1 Å². The highest BCUT2D eigenvalue weighted by atomic mass is 35.5. The SMILES string of the molecule is CCNc1ccc(C(=O)Nc2ccc(C)cc2Cl)cc1[N+](=O)[O-]. The van der Waals surface area contributed by atoms with Crippen molar-refractivity contribution in [2.24, 2.45) is 0 Å². The van der Waals surface area contributed by atoms with Crippen LogP contribution in [0.5, 0.6) is 0 Å². The zero-order valence-corrected chi connectivity index (χ0v) is 13.5. The molecule has 2 rings (SSSR count). The highest BCUT2D eigenvalue weighted by Gasteiger charge is 2.17. The lowest BCUT2D eigenvalue weighted by Crippen LogP contribution is -2.13. The molecule has 0 bridgehead atoms. The number of hydrogen-bond acceptors (Lipinski definition) is 4. The molecule has 0 fully saturated rings. The van der Waals surface area contributed by atoms with Gasteiger partial charge in [0.2, 0.25) is 0 Å². The molecule has 2 aromatic carbocycles. The average Bonchev–Trinajstić information content (AvgIpc) is 2.50. The van der Waals surface area contributed by atoms with Crippen molar-refractivity contribution in [2.75, 3.05) is 17.2 Å². The van der Waals surface area contributed by atoms with E-state index in [0.717, 1.165) is 5.56 Å². The third-order valence-corrected chi connectivity index (χ3v) is 3.51. The highest BCUT2D eigenvalue weighted by Crippen LogP contribution is 2.27. The largest absolute Gasteiger partial charge is 0.380 e. The Morgan fingerprint density at radius 2 is 1.91 bits per heavy atom.